The number of benzene rings is 3. The molecule has 0 bridgehead atoms. The first kappa shape index (κ1) is 31.3. The lowest BCUT2D eigenvalue weighted by molar-refractivity contribution is -0.137. The van der Waals surface area contributed by atoms with Crippen LogP contribution in [0.5, 0.6) is 0 Å². The number of hydrogen-bond acceptors (Lipinski definition) is 5. The lowest BCUT2D eigenvalue weighted by atomic mass is 10.0. The Morgan fingerprint density at radius 2 is 1.67 bits per heavy atom. The lowest BCUT2D eigenvalue weighted by Crippen LogP contribution is -2.31. The molecule has 230 valence electrons. The number of pyridine rings is 2. The highest BCUT2D eigenvalue weighted by molar-refractivity contribution is 6.08. The number of rotatable bonds is 11. The SMILES string of the molecule is CCCCOC[C@@H](NC(=O)c1ccc2nc(NC(=O)c3cccnc3-c3ccc(C(F)(F)F)cc3)ccc2c1)c1ccccc1. The molecular weight excluding hydrogens is 581 g/mol. The maximum absolute atomic E-state index is 13.2. The highest BCUT2D eigenvalue weighted by Gasteiger charge is 2.30. The van der Waals surface area contributed by atoms with Crippen LogP contribution in [0.25, 0.3) is 22.2 Å². The van der Waals surface area contributed by atoms with Gasteiger partial charge in [-0.2, -0.15) is 13.2 Å². The van der Waals surface area contributed by atoms with Crippen molar-refractivity contribution >= 4 is 28.5 Å². The first-order chi connectivity index (χ1) is 21.7. The molecule has 2 aromatic heterocycles. The summed E-state index contributed by atoms with van der Waals surface area (Å²) in [6.45, 7) is 3.06. The number of aromatic nitrogens is 2. The summed E-state index contributed by atoms with van der Waals surface area (Å²) in [6.07, 6.45) is -1.04. The fourth-order valence-electron chi connectivity index (χ4n) is 4.75. The van der Waals surface area contributed by atoms with Crippen LogP contribution in [0.1, 0.15) is 57.7 Å². The Morgan fingerprint density at radius 3 is 2.40 bits per heavy atom. The molecule has 0 fully saturated rings. The van der Waals surface area contributed by atoms with E-state index in [1.165, 1.54) is 18.3 Å². The molecule has 10 heteroatoms. The quantitative estimate of drug-likeness (QED) is 0.148. The number of amides is 2. The monoisotopic (exact) mass is 612 g/mol. The third-order valence-electron chi connectivity index (χ3n) is 7.17. The number of hydrogen-bond donors (Lipinski definition) is 2. The minimum Gasteiger partial charge on any atom is -0.379 e. The number of halogens is 3. The average Bonchev–Trinajstić information content (AvgIpc) is 3.06. The van der Waals surface area contributed by atoms with Crippen molar-refractivity contribution in [2.45, 2.75) is 32.0 Å². The number of anilines is 1. The molecule has 2 amide bonds. The Hall–Kier alpha value is -5.09. The maximum atomic E-state index is 13.2. The van der Waals surface area contributed by atoms with Crippen LogP contribution in [-0.2, 0) is 10.9 Å². The molecule has 2 heterocycles. The Balaban J connectivity index is 1.30. The van der Waals surface area contributed by atoms with Crippen molar-refractivity contribution in [3.8, 4) is 11.3 Å². The number of carbonyl (C=O) groups excluding carboxylic acids is 2. The largest absolute Gasteiger partial charge is 0.416 e. The van der Waals surface area contributed by atoms with Gasteiger partial charge in [0.05, 0.1) is 35.0 Å². The molecule has 3 aromatic carbocycles. The third-order valence-corrected chi connectivity index (χ3v) is 7.17. The summed E-state index contributed by atoms with van der Waals surface area (Å²) in [5, 5.41) is 6.51. The zero-order chi connectivity index (χ0) is 31.8. The Bertz CT molecular complexity index is 1780. The Labute approximate surface area is 258 Å². The van der Waals surface area contributed by atoms with Gasteiger partial charge in [-0.25, -0.2) is 4.98 Å². The number of carbonyl (C=O) groups is 2. The smallest absolute Gasteiger partial charge is 0.379 e. The van der Waals surface area contributed by atoms with Crippen LogP contribution < -0.4 is 10.6 Å². The topological polar surface area (TPSA) is 93.2 Å². The highest BCUT2D eigenvalue weighted by atomic mass is 19.4. The fraction of sp³-hybridized carbons (Fsp3) is 0.200. The van der Waals surface area contributed by atoms with Gasteiger partial charge in [-0.3, -0.25) is 14.6 Å². The molecule has 45 heavy (non-hydrogen) atoms. The van der Waals surface area contributed by atoms with Crippen LogP contribution in [-0.4, -0.2) is 35.0 Å². The van der Waals surface area contributed by atoms with Gasteiger partial charge in [0.15, 0.2) is 0 Å². The van der Waals surface area contributed by atoms with Gasteiger partial charge in [0.2, 0.25) is 0 Å². The molecule has 2 N–H and O–H groups in total. The zero-order valence-corrected chi connectivity index (χ0v) is 24.5. The van der Waals surface area contributed by atoms with E-state index in [0.29, 0.717) is 35.2 Å². The van der Waals surface area contributed by atoms with Gasteiger partial charge in [-0.15, -0.1) is 0 Å². The summed E-state index contributed by atoms with van der Waals surface area (Å²) in [5.74, 6) is -0.510. The predicted octanol–water partition coefficient (Wildman–Crippen LogP) is 7.86. The summed E-state index contributed by atoms with van der Waals surface area (Å²) >= 11 is 0. The van der Waals surface area contributed by atoms with E-state index < -0.39 is 17.6 Å². The second kappa shape index (κ2) is 14.1. The number of ether oxygens (including phenoxy) is 1. The van der Waals surface area contributed by atoms with E-state index in [2.05, 4.69) is 27.5 Å². The molecule has 5 rings (SSSR count). The lowest BCUT2D eigenvalue weighted by Gasteiger charge is -2.19. The molecular formula is C35H31F3N4O3. The summed E-state index contributed by atoms with van der Waals surface area (Å²) in [4.78, 5) is 35.2. The minimum absolute atomic E-state index is 0.179. The van der Waals surface area contributed by atoms with Crippen molar-refractivity contribution in [1.29, 1.82) is 0 Å². The number of alkyl halides is 3. The molecule has 0 unspecified atom stereocenters. The molecule has 0 aliphatic carbocycles. The average molecular weight is 613 g/mol. The van der Waals surface area contributed by atoms with E-state index in [1.807, 2.05) is 30.3 Å². The molecule has 0 aliphatic rings. The van der Waals surface area contributed by atoms with Gasteiger partial charge in [-0.1, -0.05) is 55.8 Å². The van der Waals surface area contributed by atoms with Crippen LogP contribution in [0.2, 0.25) is 0 Å². The standard InChI is InChI=1S/C35H31F3N4O3/c1-2-3-20-45-22-30(23-8-5-4-6-9-23)41-33(43)26-13-17-29-25(21-26)14-18-31(40-29)42-34(44)28-10-7-19-39-32(28)24-11-15-27(16-12-24)35(36,37)38/h4-19,21,30H,2-3,20,22H2,1H3,(H,41,43)(H,40,42,44)/t30-/m1/s1. The van der Waals surface area contributed by atoms with Crippen LogP contribution in [0.4, 0.5) is 19.0 Å². The fourth-order valence-corrected chi connectivity index (χ4v) is 4.75. The van der Waals surface area contributed by atoms with Gasteiger partial charge < -0.3 is 15.4 Å². The molecule has 0 spiro atoms. The minimum atomic E-state index is -4.47. The maximum Gasteiger partial charge on any atom is 0.416 e. The Morgan fingerprint density at radius 1 is 0.889 bits per heavy atom. The van der Waals surface area contributed by atoms with Crippen LogP contribution in [0.3, 0.4) is 0 Å². The number of fused-ring (bicyclic) bond motifs is 1. The second-order valence-corrected chi connectivity index (χ2v) is 10.4. The van der Waals surface area contributed by atoms with Crippen molar-refractivity contribution in [3.63, 3.8) is 0 Å². The molecule has 0 saturated heterocycles. The van der Waals surface area contributed by atoms with E-state index in [4.69, 9.17) is 4.74 Å². The van der Waals surface area contributed by atoms with Gasteiger partial charge in [0, 0.05) is 29.3 Å². The number of nitrogens with one attached hydrogen (secondary N) is 2. The summed E-state index contributed by atoms with van der Waals surface area (Å²) in [5.41, 5.74) is 1.95. The van der Waals surface area contributed by atoms with E-state index in [0.717, 1.165) is 30.5 Å². The number of nitrogens with zero attached hydrogens (tertiary/aromatic N) is 2. The van der Waals surface area contributed by atoms with Gasteiger partial charge in [-0.05, 0) is 66.6 Å². The molecule has 0 saturated carbocycles. The normalized spacial score (nSPS) is 12.1. The van der Waals surface area contributed by atoms with Crippen molar-refractivity contribution in [2.24, 2.45) is 0 Å². The van der Waals surface area contributed by atoms with E-state index in [1.54, 1.807) is 42.5 Å². The molecule has 0 aliphatic heterocycles. The van der Waals surface area contributed by atoms with E-state index in [9.17, 15) is 22.8 Å². The molecule has 7 nitrogen and oxygen atoms in total. The van der Waals surface area contributed by atoms with Crippen LogP contribution in [0.15, 0.2) is 103 Å². The van der Waals surface area contributed by atoms with Crippen molar-refractivity contribution < 1.29 is 27.5 Å². The summed E-state index contributed by atoms with van der Waals surface area (Å²) in [7, 11) is 0. The molecule has 1 atom stereocenters. The first-order valence-corrected chi connectivity index (χ1v) is 14.5. The van der Waals surface area contributed by atoms with Crippen molar-refractivity contribution in [1.82, 2.24) is 15.3 Å². The van der Waals surface area contributed by atoms with E-state index in [-0.39, 0.29) is 29.0 Å². The van der Waals surface area contributed by atoms with Crippen LogP contribution in [0, 0.1) is 0 Å². The number of unbranched alkanes of at least 4 members (excludes halogenated alkanes) is 1. The highest BCUT2D eigenvalue weighted by Crippen LogP contribution is 2.31. The van der Waals surface area contributed by atoms with Crippen LogP contribution >= 0.6 is 0 Å². The summed E-state index contributed by atoms with van der Waals surface area (Å²) < 4.78 is 44.9. The third kappa shape index (κ3) is 7.90. The van der Waals surface area contributed by atoms with Gasteiger partial charge in [0.1, 0.15) is 5.82 Å². The molecule has 5 aromatic rings. The Kier molecular flexibility index (Phi) is 9.84. The second-order valence-electron chi connectivity index (χ2n) is 10.4. The van der Waals surface area contributed by atoms with Crippen molar-refractivity contribution in [3.05, 3.63) is 126 Å². The predicted molar refractivity (Wildman–Crippen MR) is 167 cm³/mol. The molecule has 0 radical (unpaired) electrons. The van der Waals surface area contributed by atoms with E-state index >= 15 is 0 Å². The van der Waals surface area contributed by atoms with Gasteiger partial charge in [0.25, 0.3) is 11.8 Å². The zero-order valence-electron chi connectivity index (χ0n) is 24.5. The first-order valence-electron chi connectivity index (χ1n) is 14.5. The summed E-state index contributed by atoms with van der Waals surface area (Å²) in [6, 6.07) is 25.4. The van der Waals surface area contributed by atoms with Gasteiger partial charge >= 0.3 is 6.18 Å². The van der Waals surface area contributed by atoms with Crippen molar-refractivity contribution in [2.75, 3.05) is 18.5 Å².